The quantitative estimate of drug-likeness (QED) is 0.540. The maximum atomic E-state index is 13.2. The van der Waals surface area contributed by atoms with Crippen molar-refractivity contribution in [2.45, 2.75) is 31.8 Å². The molecule has 1 aliphatic rings. The van der Waals surface area contributed by atoms with E-state index in [0.29, 0.717) is 23.1 Å². The Balaban J connectivity index is 1.86. The Bertz CT molecular complexity index is 818. The molecule has 0 spiro atoms. The van der Waals surface area contributed by atoms with Crippen molar-refractivity contribution in [1.29, 1.82) is 0 Å². The SMILES string of the molecule is CC(C)CCc1c(O)nc(SCCN2CCOCC2)n(-c2ccccc2)c1=O. The van der Waals surface area contributed by atoms with Crippen LogP contribution in [0.1, 0.15) is 25.8 Å². The average Bonchev–Trinajstić information content (AvgIpc) is 2.69. The van der Waals surface area contributed by atoms with Gasteiger partial charge in [-0.25, -0.2) is 0 Å². The predicted molar refractivity (Wildman–Crippen MR) is 113 cm³/mol. The minimum atomic E-state index is -0.173. The normalized spacial score (nSPS) is 15.2. The lowest BCUT2D eigenvalue weighted by Gasteiger charge is -2.26. The Kier molecular flexibility index (Phi) is 7.53. The Morgan fingerprint density at radius 1 is 1.21 bits per heavy atom. The molecule has 0 unspecified atom stereocenters. The van der Waals surface area contributed by atoms with Gasteiger partial charge >= 0.3 is 0 Å². The van der Waals surface area contributed by atoms with Crippen LogP contribution in [0.3, 0.4) is 0 Å². The van der Waals surface area contributed by atoms with E-state index in [9.17, 15) is 9.90 Å². The van der Waals surface area contributed by atoms with Gasteiger partial charge in [0.05, 0.1) is 24.5 Å². The van der Waals surface area contributed by atoms with E-state index in [2.05, 4.69) is 23.7 Å². The van der Waals surface area contributed by atoms with E-state index in [1.54, 1.807) is 4.57 Å². The molecule has 1 aliphatic heterocycles. The predicted octanol–water partition coefficient (Wildman–Crippen LogP) is 2.95. The van der Waals surface area contributed by atoms with Gasteiger partial charge in [0.1, 0.15) is 0 Å². The zero-order valence-electron chi connectivity index (χ0n) is 16.6. The van der Waals surface area contributed by atoms with E-state index >= 15 is 0 Å². The molecule has 0 bridgehead atoms. The monoisotopic (exact) mass is 403 g/mol. The molecule has 0 aliphatic carbocycles. The highest BCUT2D eigenvalue weighted by Gasteiger charge is 2.19. The molecule has 0 amide bonds. The number of aromatic nitrogens is 2. The van der Waals surface area contributed by atoms with Gasteiger partial charge in [-0.2, -0.15) is 4.98 Å². The maximum absolute atomic E-state index is 13.2. The first-order chi connectivity index (χ1) is 13.6. The Labute approximate surface area is 170 Å². The molecule has 0 radical (unpaired) electrons. The van der Waals surface area contributed by atoms with Crippen molar-refractivity contribution in [2.24, 2.45) is 5.92 Å². The number of hydrogen-bond donors (Lipinski definition) is 1. The minimum Gasteiger partial charge on any atom is -0.493 e. The number of para-hydroxylation sites is 1. The average molecular weight is 404 g/mol. The molecule has 1 fully saturated rings. The van der Waals surface area contributed by atoms with Crippen molar-refractivity contribution in [3.63, 3.8) is 0 Å². The van der Waals surface area contributed by atoms with E-state index in [1.165, 1.54) is 11.8 Å². The fourth-order valence-electron chi connectivity index (χ4n) is 3.17. The molecule has 0 saturated carbocycles. The number of aromatic hydroxyl groups is 1. The van der Waals surface area contributed by atoms with Crippen molar-refractivity contribution >= 4 is 11.8 Å². The second-order valence-electron chi connectivity index (χ2n) is 7.41. The number of hydrogen-bond acceptors (Lipinski definition) is 6. The first-order valence-electron chi connectivity index (χ1n) is 9.89. The molecule has 6 nitrogen and oxygen atoms in total. The van der Waals surface area contributed by atoms with Gasteiger partial charge in [-0.15, -0.1) is 0 Å². The van der Waals surface area contributed by atoms with Gasteiger partial charge in [0.25, 0.3) is 5.56 Å². The first kappa shape index (κ1) is 20.9. The van der Waals surface area contributed by atoms with Crippen LogP contribution in [0.2, 0.25) is 0 Å². The van der Waals surface area contributed by atoms with Crippen LogP contribution in [-0.2, 0) is 11.2 Å². The highest BCUT2D eigenvalue weighted by molar-refractivity contribution is 7.99. The summed E-state index contributed by atoms with van der Waals surface area (Å²) in [5.41, 5.74) is 1.00. The zero-order valence-corrected chi connectivity index (χ0v) is 17.5. The van der Waals surface area contributed by atoms with Crippen molar-refractivity contribution < 1.29 is 9.84 Å². The van der Waals surface area contributed by atoms with Crippen LogP contribution < -0.4 is 5.56 Å². The molecule has 2 aromatic rings. The van der Waals surface area contributed by atoms with Crippen LogP contribution >= 0.6 is 11.8 Å². The van der Waals surface area contributed by atoms with Crippen LogP contribution in [0.25, 0.3) is 5.69 Å². The zero-order chi connectivity index (χ0) is 19.9. The molecule has 1 aromatic heterocycles. The highest BCUT2D eigenvalue weighted by Crippen LogP contribution is 2.24. The number of rotatable bonds is 8. The molecule has 1 saturated heterocycles. The van der Waals surface area contributed by atoms with Crippen LogP contribution in [0, 0.1) is 5.92 Å². The van der Waals surface area contributed by atoms with E-state index < -0.39 is 0 Å². The van der Waals surface area contributed by atoms with Gasteiger partial charge in [0.2, 0.25) is 5.88 Å². The first-order valence-corrected chi connectivity index (χ1v) is 10.9. The van der Waals surface area contributed by atoms with E-state index in [-0.39, 0.29) is 11.4 Å². The molecule has 7 heteroatoms. The Hall–Kier alpha value is -1.83. The standard InChI is InChI=1S/C21H29N3O3S/c1-16(2)8-9-18-19(25)22-21(28-15-12-23-10-13-27-14-11-23)24(20(18)26)17-6-4-3-5-7-17/h3-7,16,25H,8-15H2,1-2H3. The minimum absolute atomic E-state index is 0.133. The Morgan fingerprint density at radius 3 is 2.61 bits per heavy atom. The molecular weight excluding hydrogens is 374 g/mol. The van der Waals surface area contributed by atoms with E-state index in [0.717, 1.165) is 50.7 Å². The second kappa shape index (κ2) is 10.1. The largest absolute Gasteiger partial charge is 0.493 e. The van der Waals surface area contributed by atoms with Crippen molar-refractivity contribution in [2.75, 3.05) is 38.6 Å². The van der Waals surface area contributed by atoms with E-state index in [4.69, 9.17) is 4.74 Å². The molecule has 1 aromatic carbocycles. The van der Waals surface area contributed by atoms with Gasteiger partial charge in [-0.3, -0.25) is 14.3 Å². The van der Waals surface area contributed by atoms with Gasteiger partial charge in [0.15, 0.2) is 5.16 Å². The van der Waals surface area contributed by atoms with Gasteiger partial charge < -0.3 is 9.84 Å². The van der Waals surface area contributed by atoms with Crippen molar-refractivity contribution in [1.82, 2.24) is 14.5 Å². The molecule has 1 N–H and O–H groups in total. The van der Waals surface area contributed by atoms with Crippen LogP contribution in [0.4, 0.5) is 0 Å². The van der Waals surface area contributed by atoms with Gasteiger partial charge in [-0.1, -0.05) is 43.8 Å². The van der Waals surface area contributed by atoms with Crippen molar-refractivity contribution in [3.8, 4) is 11.6 Å². The number of nitrogens with zero attached hydrogens (tertiary/aromatic N) is 3. The molecule has 3 rings (SSSR count). The van der Waals surface area contributed by atoms with Crippen LogP contribution in [-0.4, -0.2) is 58.2 Å². The fraction of sp³-hybridized carbons (Fsp3) is 0.524. The molecule has 2 heterocycles. The number of morpholine rings is 1. The smallest absolute Gasteiger partial charge is 0.265 e. The van der Waals surface area contributed by atoms with Gasteiger partial charge in [-0.05, 0) is 30.9 Å². The number of thioether (sulfide) groups is 1. The van der Waals surface area contributed by atoms with Crippen LogP contribution in [0.15, 0.2) is 40.3 Å². The summed E-state index contributed by atoms with van der Waals surface area (Å²) in [5, 5.41) is 11.0. The number of ether oxygens (including phenoxy) is 1. The topological polar surface area (TPSA) is 67.6 Å². The maximum Gasteiger partial charge on any atom is 0.265 e. The van der Waals surface area contributed by atoms with Gasteiger partial charge in [0, 0.05) is 25.4 Å². The summed E-state index contributed by atoms with van der Waals surface area (Å²) in [6, 6.07) is 9.54. The lowest BCUT2D eigenvalue weighted by Crippen LogP contribution is -2.37. The highest BCUT2D eigenvalue weighted by atomic mass is 32.2. The third-order valence-electron chi connectivity index (χ3n) is 4.85. The summed E-state index contributed by atoms with van der Waals surface area (Å²) in [6.07, 6.45) is 1.36. The van der Waals surface area contributed by atoms with Crippen LogP contribution in [0.5, 0.6) is 5.88 Å². The van der Waals surface area contributed by atoms with Crippen molar-refractivity contribution in [3.05, 3.63) is 46.2 Å². The van der Waals surface area contributed by atoms with E-state index in [1.807, 2.05) is 30.3 Å². The summed E-state index contributed by atoms with van der Waals surface area (Å²) >= 11 is 1.51. The third kappa shape index (κ3) is 5.37. The summed E-state index contributed by atoms with van der Waals surface area (Å²) in [7, 11) is 0. The summed E-state index contributed by atoms with van der Waals surface area (Å²) in [6.45, 7) is 8.50. The molecule has 152 valence electrons. The lowest BCUT2D eigenvalue weighted by atomic mass is 10.0. The Morgan fingerprint density at radius 2 is 1.93 bits per heavy atom. The molecule has 28 heavy (non-hydrogen) atoms. The molecule has 0 atom stereocenters. The second-order valence-corrected chi connectivity index (χ2v) is 8.47. The third-order valence-corrected chi connectivity index (χ3v) is 5.77. The fourth-order valence-corrected chi connectivity index (χ4v) is 4.17. The summed E-state index contributed by atoms with van der Waals surface area (Å²) in [5.74, 6) is 1.11. The summed E-state index contributed by atoms with van der Waals surface area (Å²) in [4.78, 5) is 20.0. The lowest BCUT2D eigenvalue weighted by molar-refractivity contribution is 0.0410. The molecular formula is C21H29N3O3S. The summed E-state index contributed by atoms with van der Waals surface area (Å²) < 4.78 is 7.02. The number of benzene rings is 1.